The number of thiophene rings is 1. The number of benzene rings is 8. The summed E-state index contributed by atoms with van der Waals surface area (Å²) < 4.78 is 2.65. The van der Waals surface area contributed by atoms with E-state index in [1.807, 2.05) is 23.1 Å². The van der Waals surface area contributed by atoms with Gasteiger partial charge in [-0.1, -0.05) is 133 Å². The van der Waals surface area contributed by atoms with Crippen LogP contribution in [-0.4, -0.2) is 0 Å². The van der Waals surface area contributed by atoms with E-state index in [4.69, 9.17) is 0 Å². The summed E-state index contributed by atoms with van der Waals surface area (Å²) in [6, 6.07) is 63.0. The SMILES string of the molecule is c1ccc2c(c1)Sc1ccc(Nc3cc(-c4cccc5sc6ccccc6c45)cc4ccccc34)cc1C21c2ccccc2-c2ccccc21. The van der Waals surface area contributed by atoms with Crippen molar-refractivity contribution in [3.63, 3.8) is 0 Å². The van der Waals surface area contributed by atoms with Gasteiger partial charge in [-0.15, -0.1) is 11.3 Å². The largest absolute Gasteiger partial charge is 0.355 e. The van der Waals surface area contributed by atoms with E-state index in [2.05, 4.69) is 175 Å². The van der Waals surface area contributed by atoms with Crippen LogP contribution in [0.15, 0.2) is 180 Å². The van der Waals surface area contributed by atoms with Crippen molar-refractivity contribution in [2.75, 3.05) is 5.32 Å². The molecule has 0 saturated heterocycles. The summed E-state index contributed by atoms with van der Waals surface area (Å²) in [4.78, 5) is 2.62. The van der Waals surface area contributed by atoms with Crippen molar-refractivity contribution >= 4 is 65.4 Å². The summed E-state index contributed by atoms with van der Waals surface area (Å²) in [5, 5.41) is 9.04. The zero-order chi connectivity index (χ0) is 32.8. The summed E-state index contributed by atoms with van der Waals surface area (Å²) in [5.74, 6) is 0. The number of anilines is 2. The first-order chi connectivity index (χ1) is 24.8. The lowest BCUT2D eigenvalue weighted by Gasteiger charge is -2.40. The van der Waals surface area contributed by atoms with Crippen LogP contribution in [0.3, 0.4) is 0 Å². The molecule has 0 radical (unpaired) electrons. The first-order valence-corrected chi connectivity index (χ1v) is 18.7. The topological polar surface area (TPSA) is 12.0 Å². The molecule has 11 rings (SSSR count). The normalized spacial score (nSPS) is 13.7. The van der Waals surface area contributed by atoms with Gasteiger partial charge in [0.1, 0.15) is 0 Å². The number of rotatable bonds is 3. The van der Waals surface area contributed by atoms with Crippen LogP contribution in [-0.2, 0) is 5.41 Å². The van der Waals surface area contributed by atoms with Crippen LogP contribution >= 0.6 is 23.1 Å². The molecule has 0 bridgehead atoms. The molecular formula is C47H29NS2. The maximum Gasteiger partial charge on any atom is 0.0736 e. The Morgan fingerprint density at radius 2 is 1.08 bits per heavy atom. The van der Waals surface area contributed by atoms with E-state index in [1.54, 1.807) is 0 Å². The molecule has 0 amide bonds. The van der Waals surface area contributed by atoms with Gasteiger partial charge < -0.3 is 5.32 Å². The summed E-state index contributed by atoms with van der Waals surface area (Å²) >= 11 is 3.76. The summed E-state index contributed by atoms with van der Waals surface area (Å²) in [6.45, 7) is 0. The molecule has 0 atom stereocenters. The molecule has 8 aromatic carbocycles. The molecule has 1 aromatic heterocycles. The number of nitrogens with one attached hydrogen (secondary N) is 1. The summed E-state index contributed by atoms with van der Waals surface area (Å²) in [6.07, 6.45) is 0. The zero-order valence-electron chi connectivity index (χ0n) is 27.0. The molecule has 0 fully saturated rings. The van der Waals surface area contributed by atoms with Crippen LogP contribution in [0.5, 0.6) is 0 Å². The highest BCUT2D eigenvalue weighted by Crippen LogP contribution is 2.62. The van der Waals surface area contributed by atoms with Gasteiger partial charge in [0.15, 0.2) is 0 Å². The van der Waals surface area contributed by atoms with Gasteiger partial charge in [-0.2, -0.15) is 0 Å². The van der Waals surface area contributed by atoms with Crippen molar-refractivity contribution in [3.8, 4) is 22.3 Å². The molecule has 2 heterocycles. The molecule has 1 aliphatic heterocycles. The Morgan fingerprint density at radius 3 is 1.92 bits per heavy atom. The van der Waals surface area contributed by atoms with E-state index in [-0.39, 0.29) is 0 Å². The Bertz CT molecular complexity index is 2800. The maximum absolute atomic E-state index is 3.96. The van der Waals surface area contributed by atoms with Crippen molar-refractivity contribution < 1.29 is 0 Å². The standard InChI is InChI=1S/C47H29NS2/c1-2-13-32-29(12-1)26-30(33-17-11-23-45-46(33)36-16-5-9-21-42(36)49-45)27-41(32)48-31-24-25-44-40(28-31)47(39-20-8-10-22-43(39)50-44)37-18-6-3-14-34(37)35-15-4-7-19-38(35)47/h1-28,48H. The van der Waals surface area contributed by atoms with E-state index >= 15 is 0 Å². The highest BCUT2D eigenvalue weighted by Gasteiger charge is 2.50. The van der Waals surface area contributed by atoms with E-state index in [1.165, 1.54) is 85.2 Å². The molecule has 50 heavy (non-hydrogen) atoms. The molecule has 2 aliphatic rings. The number of fused-ring (bicyclic) bond motifs is 13. The smallest absolute Gasteiger partial charge is 0.0736 e. The number of hydrogen-bond donors (Lipinski definition) is 1. The average molecular weight is 672 g/mol. The highest BCUT2D eigenvalue weighted by molar-refractivity contribution is 7.99. The van der Waals surface area contributed by atoms with Gasteiger partial charge in [-0.3, -0.25) is 0 Å². The van der Waals surface area contributed by atoms with Gasteiger partial charge in [0.05, 0.1) is 5.41 Å². The average Bonchev–Trinajstić information content (AvgIpc) is 3.70. The van der Waals surface area contributed by atoms with Crippen molar-refractivity contribution in [3.05, 3.63) is 192 Å². The quantitative estimate of drug-likeness (QED) is 0.201. The molecule has 0 saturated carbocycles. The van der Waals surface area contributed by atoms with Crippen molar-refractivity contribution in [2.45, 2.75) is 15.2 Å². The van der Waals surface area contributed by atoms with Crippen LogP contribution in [0.25, 0.3) is 53.2 Å². The monoisotopic (exact) mass is 671 g/mol. The Morgan fingerprint density at radius 1 is 0.440 bits per heavy atom. The van der Waals surface area contributed by atoms with Crippen LogP contribution in [0.4, 0.5) is 11.4 Å². The second kappa shape index (κ2) is 10.7. The predicted molar refractivity (Wildman–Crippen MR) is 213 cm³/mol. The molecule has 9 aromatic rings. The zero-order valence-corrected chi connectivity index (χ0v) is 28.6. The number of hydrogen-bond acceptors (Lipinski definition) is 3. The molecule has 0 unspecified atom stereocenters. The van der Waals surface area contributed by atoms with E-state index in [0.717, 1.165) is 11.4 Å². The molecular weight excluding hydrogens is 643 g/mol. The predicted octanol–water partition coefficient (Wildman–Crippen LogP) is 13.4. The second-order valence-electron chi connectivity index (χ2n) is 13.3. The third-order valence-electron chi connectivity index (χ3n) is 10.7. The fraction of sp³-hybridized carbons (Fsp3) is 0.0213. The Balaban J connectivity index is 1.12. The lowest BCUT2D eigenvalue weighted by Crippen LogP contribution is -2.32. The van der Waals surface area contributed by atoms with Crippen molar-refractivity contribution in [1.82, 2.24) is 0 Å². The maximum atomic E-state index is 3.96. The van der Waals surface area contributed by atoms with Crippen molar-refractivity contribution in [2.24, 2.45) is 0 Å². The summed E-state index contributed by atoms with van der Waals surface area (Å²) in [5.41, 5.74) is 12.3. The molecule has 1 aliphatic carbocycles. The minimum atomic E-state index is -0.401. The van der Waals surface area contributed by atoms with Crippen LogP contribution < -0.4 is 5.32 Å². The first-order valence-electron chi connectivity index (χ1n) is 17.1. The Hall–Kier alpha value is -5.61. The van der Waals surface area contributed by atoms with E-state index in [9.17, 15) is 0 Å². The molecule has 1 spiro atoms. The van der Waals surface area contributed by atoms with Crippen LogP contribution in [0, 0.1) is 0 Å². The van der Waals surface area contributed by atoms with Gasteiger partial charge in [0, 0.05) is 46.7 Å². The highest BCUT2D eigenvalue weighted by atomic mass is 32.2. The lowest BCUT2D eigenvalue weighted by atomic mass is 9.67. The second-order valence-corrected chi connectivity index (χ2v) is 15.5. The van der Waals surface area contributed by atoms with E-state index in [0.29, 0.717) is 0 Å². The van der Waals surface area contributed by atoms with Gasteiger partial charge >= 0.3 is 0 Å². The fourth-order valence-corrected chi connectivity index (χ4v) is 11.0. The van der Waals surface area contributed by atoms with Gasteiger partial charge in [-0.05, 0) is 98.4 Å². The minimum Gasteiger partial charge on any atom is -0.355 e. The van der Waals surface area contributed by atoms with Crippen LogP contribution in [0.1, 0.15) is 22.3 Å². The van der Waals surface area contributed by atoms with Crippen LogP contribution in [0.2, 0.25) is 0 Å². The molecule has 234 valence electrons. The molecule has 1 nitrogen and oxygen atoms in total. The molecule has 1 N–H and O–H groups in total. The van der Waals surface area contributed by atoms with Gasteiger partial charge in [0.2, 0.25) is 0 Å². The van der Waals surface area contributed by atoms with Crippen molar-refractivity contribution in [1.29, 1.82) is 0 Å². The summed E-state index contributed by atoms with van der Waals surface area (Å²) in [7, 11) is 0. The lowest BCUT2D eigenvalue weighted by molar-refractivity contribution is 0.723. The fourth-order valence-electron chi connectivity index (χ4n) is 8.67. The van der Waals surface area contributed by atoms with Gasteiger partial charge in [0.25, 0.3) is 0 Å². The van der Waals surface area contributed by atoms with Gasteiger partial charge in [-0.25, -0.2) is 0 Å². The Labute approximate surface area is 298 Å². The third kappa shape index (κ3) is 3.90. The third-order valence-corrected chi connectivity index (χ3v) is 13.0. The molecule has 3 heteroatoms. The first kappa shape index (κ1) is 28.3. The minimum absolute atomic E-state index is 0.401. The van der Waals surface area contributed by atoms with E-state index < -0.39 is 5.41 Å². The Kier molecular flexibility index (Phi) is 6.04.